The molecule has 0 amide bonds. The second kappa shape index (κ2) is 5.01. The Morgan fingerprint density at radius 1 is 1.27 bits per heavy atom. The maximum absolute atomic E-state index is 11.7. The van der Waals surface area contributed by atoms with Crippen molar-refractivity contribution in [3.8, 4) is 0 Å². The van der Waals surface area contributed by atoms with E-state index in [1.807, 2.05) is 13.8 Å². The molecule has 1 N–H and O–H groups in total. The van der Waals surface area contributed by atoms with E-state index in [4.69, 9.17) is 4.74 Å². The number of esters is 1. The quantitative estimate of drug-likeness (QED) is 0.774. The summed E-state index contributed by atoms with van der Waals surface area (Å²) in [6, 6.07) is 0. The van der Waals surface area contributed by atoms with Gasteiger partial charge in [-0.15, -0.1) is 0 Å². The molecule has 3 nitrogen and oxygen atoms in total. The summed E-state index contributed by atoms with van der Waals surface area (Å²) in [5.74, 6) is -0.206. The molecule has 0 atom stereocenters. The number of nitrogens with one attached hydrogen (secondary N) is 1. The topological polar surface area (TPSA) is 42.1 Å². The van der Waals surface area contributed by atoms with Gasteiger partial charge in [0, 0.05) is 11.4 Å². The van der Waals surface area contributed by atoms with E-state index in [2.05, 4.69) is 18.8 Å². The van der Waals surface area contributed by atoms with Crippen LogP contribution in [0.15, 0.2) is 0 Å². The molecular formula is C12H19NO2. The highest BCUT2D eigenvalue weighted by Crippen LogP contribution is 2.21. The van der Waals surface area contributed by atoms with Gasteiger partial charge in [-0.05, 0) is 32.3 Å². The van der Waals surface area contributed by atoms with E-state index >= 15 is 0 Å². The first-order valence-corrected chi connectivity index (χ1v) is 5.53. The third kappa shape index (κ3) is 2.22. The zero-order valence-corrected chi connectivity index (χ0v) is 9.94. The average molecular weight is 209 g/mol. The largest absolute Gasteiger partial charge is 0.462 e. The van der Waals surface area contributed by atoms with Crippen LogP contribution in [0.5, 0.6) is 0 Å². The van der Waals surface area contributed by atoms with Crippen LogP contribution in [0, 0.1) is 6.92 Å². The molecule has 1 aromatic heterocycles. The van der Waals surface area contributed by atoms with Gasteiger partial charge >= 0.3 is 5.97 Å². The van der Waals surface area contributed by atoms with Gasteiger partial charge in [-0.2, -0.15) is 0 Å². The second-order valence-corrected chi connectivity index (χ2v) is 3.51. The minimum Gasteiger partial charge on any atom is -0.462 e. The Bertz CT molecular complexity index is 353. The fourth-order valence-corrected chi connectivity index (χ4v) is 1.91. The molecule has 0 aliphatic carbocycles. The first-order valence-electron chi connectivity index (χ1n) is 5.53. The predicted octanol–water partition coefficient (Wildman–Crippen LogP) is 2.62. The molecule has 0 saturated heterocycles. The van der Waals surface area contributed by atoms with E-state index in [1.165, 1.54) is 0 Å². The Morgan fingerprint density at radius 3 is 2.40 bits per heavy atom. The fraction of sp³-hybridized carbons (Fsp3) is 0.583. The second-order valence-electron chi connectivity index (χ2n) is 3.51. The maximum atomic E-state index is 11.7. The number of ether oxygens (including phenoxy) is 1. The van der Waals surface area contributed by atoms with Gasteiger partial charge < -0.3 is 9.72 Å². The number of aryl methyl sites for hydroxylation is 2. The van der Waals surface area contributed by atoms with Gasteiger partial charge in [0.15, 0.2) is 0 Å². The Balaban J connectivity index is 3.15. The van der Waals surface area contributed by atoms with Crippen LogP contribution in [0.25, 0.3) is 0 Å². The van der Waals surface area contributed by atoms with Crippen molar-refractivity contribution >= 4 is 5.97 Å². The number of rotatable bonds is 4. The van der Waals surface area contributed by atoms with Crippen LogP contribution in [0.2, 0.25) is 0 Å². The Hall–Kier alpha value is -1.25. The van der Waals surface area contributed by atoms with Gasteiger partial charge in [-0.3, -0.25) is 0 Å². The molecule has 0 fully saturated rings. The van der Waals surface area contributed by atoms with Gasteiger partial charge in [0.05, 0.1) is 12.2 Å². The SMILES string of the molecule is CCOC(=O)c1c(C)[nH]c(CC)c1CC. The predicted molar refractivity (Wildman–Crippen MR) is 60.2 cm³/mol. The van der Waals surface area contributed by atoms with Crippen molar-refractivity contribution in [1.82, 2.24) is 4.98 Å². The normalized spacial score (nSPS) is 10.4. The molecule has 0 aliphatic rings. The minimum atomic E-state index is -0.206. The van der Waals surface area contributed by atoms with Crippen molar-refractivity contribution in [2.45, 2.75) is 40.5 Å². The first kappa shape index (κ1) is 11.8. The molecule has 0 saturated carbocycles. The number of carbonyl (C=O) groups excluding carboxylic acids is 1. The van der Waals surface area contributed by atoms with Gasteiger partial charge in [-0.25, -0.2) is 4.79 Å². The Morgan fingerprint density at radius 2 is 1.93 bits per heavy atom. The van der Waals surface area contributed by atoms with Crippen molar-refractivity contribution < 1.29 is 9.53 Å². The maximum Gasteiger partial charge on any atom is 0.340 e. The highest BCUT2D eigenvalue weighted by Gasteiger charge is 2.19. The van der Waals surface area contributed by atoms with E-state index in [0.29, 0.717) is 6.61 Å². The molecule has 0 radical (unpaired) electrons. The van der Waals surface area contributed by atoms with Crippen molar-refractivity contribution in [3.05, 3.63) is 22.5 Å². The van der Waals surface area contributed by atoms with Crippen molar-refractivity contribution in [1.29, 1.82) is 0 Å². The van der Waals surface area contributed by atoms with Gasteiger partial charge in [0.2, 0.25) is 0 Å². The summed E-state index contributed by atoms with van der Waals surface area (Å²) in [6.07, 6.45) is 1.78. The lowest BCUT2D eigenvalue weighted by Gasteiger charge is -2.04. The third-order valence-corrected chi connectivity index (χ3v) is 2.57. The summed E-state index contributed by atoms with van der Waals surface area (Å²) in [7, 11) is 0. The molecule has 0 aliphatic heterocycles. The molecule has 15 heavy (non-hydrogen) atoms. The number of hydrogen-bond donors (Lipinski definition) is 1. The summed E-state index contributed by atoms with van der Waals surface area (Å²) in [6.45, 7) is 8.31. The van der Waals surface area contributed by atoms with Crippen LogP contribution >= 0.6 is 0 Å². The molecule has 1 aromatic rings. The zero-order valence-electron chi connectivity index (χ0n) is 9.94. The monoisotopic (exact) mass is 209 g/mol. The van der Waals surface area contributed by atoms with E-state index < -0.39 is 0 Å². The van der Waals surface area contributed by atoms with E-state index in [9.17, 15) is 4.79 Å². The lowest BCUT2D eigenvalue weighted by Crippen LogP contribution is -2.08. The minimum absolute atomic E-state index is 0.206. The highest BCUT2D eigenvalue weighted by atomic mass is 16.5. The molecule has 84 valence electrons. The highest BCUT2D eigenvalue weighted by molar-refractivity contribution is 5.93. The van der Waals surface area contributed by atoms with Crippen LogP contribution in [0.3, 0.4) is 0 Å². The van der Waals surface area contributed by atoms with Gasteiger partial charge in [0.25, 0.3) is 0 Å². The number of aromatic nitrogens is 1. The number of carbonyl (C=O) groups is 1. The Kier molecular flexibility index (Phi) is 3.95. The molecule has 0 spiro atoms. The smallest absolute Gasteiger partial charge is 0.340 e. The van der Waals surface area contributed by atoms with Crippen LogP contribution in [-0.2, 0) is 17.6 Å². The molecule has 0 unspecified atom stereocenters. The molecular weight excluding hydrogens is 190 g/mol. The van der Waals surface area contributed by atoms with E-state index in [1.54, 1.807) is 0 Å². The molecule has 3 heteroatoms. The fourth-order valence-electron chi connectivity index (χ4n) is 1.91. The third-order valence-electron chi connectivity index (χ3n) is 2.57. The van der Waals surface area contributed by atoms with Crippen molar-refractivity contribution in [2.24, 2.45) is 0 Å². The molecule has 0 bridgehead atoms. The number of H-pyrrole nitrogens is 1. The van der Waals surface area contributed by atoms with Crippen LogP contribution in [-0.4, -0.2) is 17.6 Å². The molecule has 0 aromatic carbocycles. The van der Waals surface area contributed by atoms with E-state index in [0.717, 1.165) is 35.4 Å². The summed E-state index contributed by atoms with van der Waals surface area (Å²) in [4.78, 5) is 15.0. The summed E-state index contributed by atoms with van der Waals surface area (Å²) in [5.41, 5.74) is 3.91. The summed E-state index contributed by atoms with van der Waals surface area (Å²) >= 11 is 0. The summed E-state index contributed by atoms with van der Waals surface area (Å²) < 4.78 is 5.05. The number of hydrogen-bond acceptors (Lipinski definition) is 2. The number of aromatic amines is 1. The summed E-state index contributed by atoms with van der Waals surface area (Å²) in [5, 5.41) is 0. The van der Waals surface area contributed by atoms with Gasteiger partial charge in [0.1, 0.15) is 0 Å². The van der Waals surface area contributed by atoms with Crippen LogP contribution < -0.4 is 0 Å². The first-order chi connectivity index (χ1) is 7.15. The Labute approximate surface area is 90.8 Å². The van der Waals surface area contributed by atoms with Gasteiger partial charge in [-0.1, -0.05) is 13.8 Å². The molecule has 1 heterocycles. The van der Waals surface area contributed by atoms with Crippen LogP contribution in [0.1, 0.15) is 48.1 Å². The van der Waals surface area contributed by atoms with Crippen molar-refractivity contribution in [2.75, 3.05) is 6.61 Å². The average Bonchev–Trinajstić information content (AvgIpc) is 2.54. The zero-order chi connectivity index (χ0) is 11.4. The lowest BCUT2D eigenvalue weighted by molar-refractivity contribution is 0.0524. The van der Waals surface area contributed by atoms with Crippen LogP contribution in [0.4, 0.5) is 0 Å². The standard InChI is InChI=1S/C12H19NO2/c1-5-9-10(6-2)13-8(4)11(9)12(14)15-7-3/h13H,5-7H2,1-4H3. The molecule has 1 rings (SSSR count). The lowest BCUT2D eigenvalue weighted by atomic mass is 10.1. The van der Waals surface area contributed by atoms with Crippen molar-refractivity contribution in [3.63, 3.8) is 0 Å². The van der Waals surface area contributed by atoms with E-state index in [-0.39, 0.29) is 5.97 Å².